The summed E-state index contributed by atoms with van der Waals surface area (Å²) >= 11 is 0. The predicted octanol–water partition coefficient (Wildman–Crippen LogP) is -2.86. The minimum Gasteiger partial charge on any atom is -0.367 e. The molecule has 4 atom stereocenters. The van der Waals surface area contributed by atoms with Gasteiger partial charge in [-0.2, -0.15) is 0 Å². The number of aliphatic hydroxyl groups excluding tert-OH is 1. The third kappa shape index (κ3) is 7.22. The van der Waals surface area contributed by atoms with Crippen LogP contribution in [0, 0.1) is 0 Å². The van der Waals surface area contributed by atoms with E-state index in [9.17, 15) is 33.9 Å². The minimum atomic E-state index is -1.82. The number of hydrogen-bond acceptors (Lipinski definition) is 8. The summed E-state index contributed by atoms with van der Waals surface area (Å²) in [5.41, 5.74) is 2.35. The number of nitrogens with one attached hydrogen (secondary N) is 4. The molecule has 0 aliphatic carbocycles. The molecule has 0 spiro atoms. The van der Waals surface area contributed by atoms with E-state index in [-0.39, 0.29) is 11.9 Å². The Morgan fingerprint density at radius 2 is 1.79 bits per heavy atom. The van der Waals surface area contributed by atoms with E-state index in [0.29, 0.717) is 25.8 Å². The fraction of sp³-hybridized carbons (Fsp3) is 0.700. The standard InChI is InChI=1S/C20H32N6O7/c1-11(22-17(30)13-6-4-8-21-13)20(33)26-9-5-7-14(26)18(31)24-25(3)16(29)10-15(28)19(32)23-12(2)27/h11,13-14,19,21,32H,4-10H2,1-3H3,(H,22,30)(H,23,27)(H,24,31)/t11-,13-,14-,19?/m0/s1. The molecule has 13 nitrogen and oxygen atoms in total. The first-order valence-corrected chi connectivity index (χ1v) is 10.9. The van der Waals surface area contributed by atoms with E-state index in [2.05, 4.69) is 16.1 Å². The molecule has 5 amide bonds. The number of likely N-dealkylation sites (tertiary alicyclic amines) is 1. The van der Waals surface area contributed by atoms with Crippen molar-refractivity contribution in [2.75, 3.05) is 20.1 Å². The van der Waals surface area contributed by atoms with Crippen LogP contribution in [0.2, 0.25) is 0 Å². The second-order valence-corrected chi connectivity index (χ2v) is 8.24. The van der Waals surface area contributed by atoms with Crippen molar-refractivity contribution in [1.82, 2.24) is 31.3 Å². The van der Waals surface area contributed by atoms with Gasteiger partial charge in [0, 0.05) is 20.5 Å². The zero-order valence-electron chi connectivity index (χ0n) is 19.1. The third-order valence-corrected chi connectivity index (χ3v) is 5.57. The first kappa shape index (κ1) is 26.2. The van der Waals surface area contributed by atoms with E-state index < -0.39 is 54.1 Å². The number of rotatable bonds is 8. The quantitative estimate of drug-likeness (QED) is 0.143. The summed E-state index contributed by atoms with van der Waals surface area (Å²) < 4.78 is 0. The topological polar surface area (TPSA) is 177 Å². The maximum Gasteiger partial charge on any atom is 0.261 e. The lowest BCUT2D eigenvalue weighted by atomic mass is 10.1. The SMILES string of the molecule is CC(=O)NC(O)C(=O)CC(=O)N(C)NC(=O)[C@@H]1CCCN1C(=O)[C@H](C)NC(=O)[C@@H]1CCCN1. The van der Waals surface area contributed by atoms with Crippen molar-refractivity contribution >= 4 is 35.3 Å². The van der Waals surface area contributed by atoms with E-state index in [0.717, 1.165) is 24.9 Å². The van der Waals surface area contributed by atoms with Crippen LogP contribution in [0.15, 0.2) is 0 Å². The van der Waals surface area contributed by atoms with Crippen molar-refractivity contribution in [2.24, 2.45) is 0 Å². The highest BCUT2D eigenvalue weighted by Crippen LogP contribution is 2.19. The fourth-order valence-electron chi connectivity index (χ4n) is 3.78. The molecule has 0 radical (unpaired) electrons. The van der Waals surface area contributed by atoms with Gasteiger partial charge in [0.15, 0.2) is 12.0 Å². The van der Waals surface area contributed by atoms with Crippen LogP contribution >= 0.6 is 0 Å². The summed E-state index contributed by atoms with van der Waals surface area (Å²) in [6.07, 6.45) is -0.0256. The van der Waals surface area contributed by atoms with Gasteiger partial charge in [-0.25, -0.2) is 0 Å². The molecule has 0 aromatic carbocycles. The van der Waals surface area contributed by atoms with Crippen molar-refractivity contribution < 1.29 is 33.9 Å². The molecular formula is C20H32N6O7. The first-order valence-electron chi connectivity index (χ1n) is 10.9. The maximum absolute atomic E-state index is 12.9. The zero-order chi connectivity index (χ0) is 24.7. The van der Waals surface area contributed by atoms with Gasteiger partial charge in [0.1, 0.15) is 12.1 Å². The second-order valence-electron chi connectivity index (χ2n) is 8.24. The fourth-order valence-corrected chi connectivity index (χ4v) is 3.78. The molecule has 184 valence electrons. The zero-order valence-corrected chi connectivity index (χ0v) is 19.1. The molecule has 0 aromatic rings. The summed E-state index contributed by atoms with van der Waals surface area (Å²) in [6, 6.07) is -1.98. The Kier molecular flexibility index (Phi) is 9.29. The molecule has 2 saturated heterocycles. The van der Waals surface area contributed by atoms with Crippen molar-refractivity contribution in [1.29, 1.82) is 0 Å². The molecule has 2 aliphatic heterocycles. The Bertz CT molecular complexity index is 798. The molecule has 1 unspecified atom stereocenters. The van der Waals surface area contributed by atoms with E-state index >= 15 is 0 Å². The molecule has 0 aromatic heterocycles. The van der Waals surface area contributed by atoms with Gasteiger partial charge >= 0.3 is 0 Å². The van der Waals surface area contributed by atoms with Gasteiger partial charge in [-0.3, -0.25) is 39.2 Å². The molecule has 2 heterocycles. The average molecular weight is 469 g/mol. The Hall–Kier alpha value is -3.06. The molecule has 5 N–H and O–H groups in total. The lowest BCUT2D eigenvalue weighted by molar-refractivity contribution is -0.148. The van der Waals surface area contributed by atoms with Gasteiger partial charge in [0.25, 0.3) is 5.91 Å². The molecular weight excluding hydrogens is 436 g/mol. The van der Waals surface area contributed by atoms with Gasteiger partial charge in [-0.15, -0.1) is 0 Å². The molecule has 33 heavy (non-hydrogen) atoms. The Labute approximate surface area is 191 Å². The molecule has 13 heteroatoms. The third-order valence-electron chi connectivity index (χ3n) is 5.57. The van der Waals surface area contributed by atoms with E-state index in [4.69, 9.17) is 0 Å². The van der Waals surface area contributed by atoms with Gasteiger partial charge in [0.2, 0.25) is 23.6 Å². The first-order chi connectivity index (χ1) is 15.5. The van der Waals surface area contributed by atoms with Crippen LogP contribution in [0.25, 0.3) is 0 Å². The van der Waals surface area contributed by atoms with Crippen LogP contribution in [0.1, 0.15) is 46.0 Å². The lowest BCUT2D eigenvalue weighted by Gasteiger charge is -2.29. The highest BCUT2D eigenvalue weighted by atomic mass is 16.3. The number of amides is 5. The number of hydrazine groups is 1. The molecule has 2 fully saturated rings. The summed E-state index contributed by atoms with van der Waals surface area (Å²) in [4.78, 5) is 74.1. The Morgan fingerprint density at radius 3 is 2.39 bits per heavy atom. The number of carbonyl (C=O) groups is 6. The van der Waals surface area contributed by atoms with Crippen LogP contribution in [-0.4, -0.2) is 94.8 Å². The van der Waals surface area contributed by atoms with Crippen molar-refractivity contribution in [3.8, 4) is 0 Å². The van der Waals surface area contributed by atoms with Crippen molar-refractivity contribution in [3.63, 3.8) is 0 Å². The molecule has 0 saturated carbocycles. The lowest BCUT2D eigenvalue weighted by Crippen LogP contribution is -2.56. The number of ketones is 1. The van der Waals surface area contributed by atoms with Gasteiger partial charge in [-0.1, -0.05) is 0 Å². The van der Waals surface area contributed by atoms with Crippen LogP contribution in [0.4, 0.5) is 0 Å². The number of carbonyl (C=O) groups excluding carboxylic acids is 6. The molecule has 0 bridgehead atoms. The highest BCUT2D eigenvalue weighted by Gasteiger charge is 2.37. The number of hydrogen-bond donors (Lipinski definition) is 5. The van der Waals surface area contributed by atoms with Gasteiger partial charge in [-0.05, 0) is 39.2 Å². The molecule has 2 aliphatic rings. The Morgan fingerprint density at radius 1 is 1.09 bits per heavy atom. The van der Waals surface area contributed by atoms with E-state index in [1.165, 1.54) is 11.9 Å². The van der Waals surface area contributed by atoms with E-state index in [1.807, 2.05) is 5.32 Å². The van der Waals surface area contributed by atoms with Crippen LogP contribution in [0.3, 0.4) is 0 Å². The minimum absolute atomic E-state index is 0.259. The summed E-state index contributed by atoms with van der Waals surface area (Å²) in [7, 11) is 1.23. The monoisotopic (exact) mass is 468 g/mol. The molecule has 2 rings (SSSR count). The van der Waals surface area contributed by atoms with Crippen LogP contribution in [0.5, 0.6) is 0 Å². The van der Waals surface area contributed by atoms with Crippen molar-refractivity contribution in [2.45, 2.75) is 70.3 Å². The van der Waals surface area contributed by atoms with Gasteiger partial charge < -0.3 is 26.0 Å². The predicted molar refractivity (Wildman–Crippen MR) is 114 cm³/mol. The van der Waals surface area contributed by atoms with Crippen LogP contribution in [-0.2, 0) is 28.8 Å². The smallest absolute Gasteiger partial charge is 0.261 e. The Balaban J connectivity index is 1.89. The van der Waals surface area contributed by atoms with Gasteiger partial charge in [0.05, 0.1) is 12.5 Å². The van der Waals surface area contributed by atoms with Crippen molar-refractivity contribution in [3.05, 3.63) is 0 Å². The summed E-state index contributed by atoms with van der Waals surface area (Å²) in [5, 5.41) is 18.0. The second kappa shape index (κ2) is 11.7. The number of aliphatic hydroxyl groups is 1. The largest absolute Gasteiger partial charge is 0.367 e. The number of nitrogens with zero attached hydrogens (tertiary/aromatic N) is 2. The average Bonchev–Trinajstić information content (AvgIpc) is 3.44. The normalized spacial score (nSPS) is 21.6. The summed E-state index contributed by atoms with van der Waals surface area (Å²) in [5.74, 6) is -3.65. The maximum atomic E-state index is 12.9. The summed E-state index contributed by atoms with van der Waals surface area (Å²) in [6.45, 7) is 3.75. The van der Waals surface area contributed by atoms with Crippen LogP contribution < -0.4 is 21.4 Å². The van der Waals surface area contributed by atoms with E-state index in [1.54, 1.807) is 6.92 Å². The number of Topliss-reactive ketones (excluding diaryl/α,β-unsaturated/α-hetero) is 1. The highest BCUT2D eigenvalue weighted by molar-refractivity contribution is 6.01.